The van der Waals surface area contributed by atoms with Crippen molar-refractivity contribution >= 4 is 5.91 Å². The lowest BCUT2D eigenvalue weighted by Crippen LogP contribution is -2.29. The number of hydrogen-bond donors (Lipinski definition) is 0. The Kier molecular flexibility index (Phi) is 5.07. The quantitative estimate of drug-likeness (QED) is 0.680. The van der Waals surface area contributed by atoms with E-state index in [1.54, 1.807) is 25.1 Å². The lowest BCUT2D eigenvalue weighted by Gasteiger charge is -2.25. The van der Waals surface area contributed by atoms with Gasteiger partial charge in [0.1, 0.15) is 11.4 Å². The van der Waals surface area contributed by atoms with Crippen LogP contribution in [-0.4, -0.2) is 30.1 Å². The van der Waals surface area contributed by atoms with Crippen molar-refractivity contribution in [3.63, 3.8) is 0 Å². The minimum absolute atomic E-state index is 0.174. The number of carbonyl (C=O) groups is 1. The first-order chi connectivity index (χ1) is 12.5. The van der Waals surface area contributed by atoms with Crippen molar-refractivity contribution in [1.82, 2.24) is 10.1 Å². The molecule has 0 spiro atoms. The Balaban J connectivity index is 1.81. The van der Waals surface area contributed by atoms with E-state index in [2.05, 4.69) is 5.16 Å². The van der Waals surface area contributed by atoms with Crippen LogP contribution >= 0.6 is 0 Å². The summed E-state index contributed by atoms with van der Waals surface area (Å²) in [7, 11) is 3.37. The summed E-state index contributed by atoms with van der Waals surface area (Å²) in [4.78, 5) is 14.4. The van der Waals surface area contributed by atoms with E-state index >= 15 is 0 Å². The molecule has 0 aliphatic heterocycles. The average molecular weight is 350 g/mol. The van der Waals surface area contributed by atoms with Gasteiger partial charge in [0.25, 0.3) is 5.91 Å². The van der Waals surface area contributed by atoms with Crippen LogP contribution < -0.4 is 4.74 Å². The zero-order valence-electron chi connectivity index (χ0n) is 15.4. The van der Waals surface area contributed by atoms with Crippen molar-refractivity contribution < 1.29 is 14.1 Å². The summed E-state index contributed by atoms with van der Waals surface area (Å²) in [5.41, 5.74) is 3.66. The molecule has 1 heterocycles. The van der Waals surface area contributed by atoms with E-state index in [1.165, 1.54) is 5.56 Å². The van der Waals surface area contributed by atoms with Gasteiger partial charge >= 0.3 is 0 Å². The van der Waals surface area contributed by atoms with E-state index in [9.17, 15) is 4.79 Å². The second kappa shape index (κ2) is 7.44. The smallest absolute Gasteiger partial charge is 0.292 e. The van der Waals surface area contributed by atoms with Crippen molar-refractivity contribution in [3.05, 3.63) is 71.5 Å². The number of rotatable bonds is 5. The first-order valence-electron chi connectivity index (χ1n) is 8.45. The SMILES string of the molecule is COc1ccccc1C(C)N(C)C(=O)c1cc(-c2ccc(C)cc2)no1. The molecule has 3 aromatic rings. The highest BCUT2D eigenvalue weighted by molar-refractivity contribution is 5.92. The predicted octanol–water partition coefficient (Wildman–Crippen LogP) is 4.49. The summed E-state index contributed by atoms with van der Waals surface area (Å²) in [6.45, 7) is 3.97. The van der Waals surface area contributed by atoms with Gasteiger partial charge < -0.3 is 14.2 Å². The largest absolute Gasteiger partial charge is 0.496 e. The minimum atomic E-state index is -0.228. The summed E-state index contributed by atoms with van der Waals surface area (Å²) < 4.78 is 10.7. The van der Waals surface area contributed by atoms with Crippen LogP contribution in [0.1, 0.15) is 34.6 Å². The summed E-state index contributed by atoms with van der Waals surface area (Å²) in [5.74, 6) is 0.733. The molecule has 26 heavy (non-hydrogen) atoms. The van der Waals surface area contributed by atoms with Crippen LogP contribution in [0.15, 0.2) is 59.1 Å². The maximum absolute atomic E-state index is 12.8. The van der Waals surface area contributed by atoms with Crippen LogP contribution in [0.2, 0.25) is 0 Å². The average Bonchev–Trinajstić information content (AvgIpc) is 3.17. The van der Waals surface area contributed by atoms with Crippen LogP contribution in [0.3, 0.4) is 0 Å². The highest BCUT2D eigenvalue weighted by Gasteiger charge is 2.24. The van der Waals surface area contributed by atoms with Crippen LogP contribution in [0, 0.1) is 6.92 Å². The Morgan fingerprint density at radius 2 is 1.85 bits per heavy atom. The van der Waals surface area contributed by atoms with Crippen molar-refractivity contribution in [2.75, 3.05) is 14.2 Å². The van der Waals surface area contributed by atoms with E-state index in [0.29, 0.717) is 5.69 Å². The molecule has 134 valence electrons. The summed E-state index contributed by atoms with van der Waals surface area (Å²) in [6, 6.07) is 17.1. The molecule has 0 saturated heterocycles. The van der Waals surface area contributed by atoms with Crippen LogP contribution in [-0.2, 0) is 0 Å². The third-order valence-corrected chi connectivity index (χ3v) is 4.56. The molecule has 0 fully saturated rings. The van der Waals surface area contributed by atoms with E-state index in [-0.39, 0.29) is 17.7 Å². The number of methoxy groups -OCH3 is 1. The molecule has 0 bridgehead atoms. The Morgan fingerprint density at radius 3 is 2.54 bits per heavy atom. The zero-order chi connectivity index (χ0) is 18.7. The molecular weight excluding hydrogens is 328 g/mol. The molecule has 0 aliphatic rings. The Bertz CT molecular complexity index is 900. The summed E-state index contributed by atoms with van der Waals surface area (Å²) >= 11 is 0. The number of aromatic nitrogens is 1. The number of nitrogens with zero attached hydrogens (tertiary/aromatic N) is 2. The third-order valence-electron chi connectivity index (χ3n) is 4.56. The van der Waals surface area contributed by atoms with Crippen LogP contribution in [0.4, 0.5) is 0 Å². The Labute approximate surface area is 153 Å². The molecule has 2 aromatic carbocycles. The molecule has 3 rings (SSSR count). The fourth-order valence-corrected chi connectivity index (χ4v) is 2.81. The van der Waals surface area contributed by atoms with Gasteiger partial charge in [-0.25, -0.2) is 0 Å². The number of para-hydroxylation sites is 1. The molecule has 5 nitrogen and oxygen atoms in total. The monoisotopic (exact) mass is 350 g/mol. The minimum Gasteiger partial charge on any atom is -0.496 e. The van der Waals surface area contributed by atoms with Crippen LogP contribution in [0.25, 0.3) is 11.3 Å². The fourth-order valence-electron chi connectivity index (χ4n) is 2.81. The molecule has 1 atom stereocenters. The molecule has 0 saturated carbocycles. The second-order valence-electron chi connectivity index (χ2n) is 6.28. The number of amides is 1. The normalized spacial score (nSPS) is 11.8. The van der Waals surface area contributed by atoms with E-state index in [0.717, 1.165) is 16.9 Å². The van der Waals surface area contributed by atoms with E-state index in [1.807, 2.05) is 62.4 Å². The van der Waals surface area contributed by atoms with Crippen molar-refractivity contribution in [3.8, 4) is 17.0 Å². The summed E-state index contributed by atoms with van der Waals surface area (Å²) in [6.07, 6.45) is 0. The second-order valence-corrected chi connectivity index (χ2v) is 6.28. The lowest BCUT2D eigenvalue weighted by atomic mass is 10.1. The molecule has 1 amide bonds. The standard InChI is InChI=1S/C21H22N2O3/c1-14-9-11-16(12-10-14)18-13-20(26-22-18)21(24)23(3)15(2)17-7-5-6-8-19(17)25-4/h5-13,15H,1-4H3. The molecule has 5 heteroatoms. The maximum Gasteiger partial charge on any atom is 0.292 e. The van der Waals surface area contributed by atoms with Gasteiger partial charge in [0, 0.05) is 24.2 Å². The van der Waals surface area contributed by atoms with Gasteiger partial charge in [-0.3, -0.25) is 4.79 Å². The van der Waals surface area contributed by atoms with E-state index in [4.69, 9.17) is 9.26 Å². The third kappa shape index (κ3) is 3.47. The molecule has 0 radical (unpaired) electrons. The Morgan fingerprint density at radius 1 is 1.15 bits per heavy atom. The first-order valence-corrected chi connectivity index (χ1v) is 8.45. The highest BCUT2D eigenvalue weighted by atomic mass is 16.5. The number of ether oxygens (including phenoxy) is 1. The van der Waals surface area contributed by atoms with Gasteiger partial charge in [0.15, 0.2) is 0 Å². The lowest BCUT2D eigenvalue weighted by molar-refractivity contribution is 0.0699. The molecule has 1 aromatic heterocycles. The van der Waals surface area contributed by atoms with Crippen molar-refractivity contribution in [2.24, 2.45) is 0 Å². The number of benzene rings is 2. The van der Waals surface area contributed by atoms with Crippen molar-refractivity contribution in [2.45, 2.75) is 19.9 Å². The topological polar surface area (TPSA) is 55.6 Å². The Hall–Kier alpha value is -3.08. The zero-order valence-corrected chi connectivity index (χ0v) is 15.4. The van der Waals surface area contributed by atoms with Crippen LogP contribution in [0.5, 0.6) is 5.75 Å². The van der Waals surface area contributed by atoms with Crippen molar-refractivity contribution in [1.29, 1.82) is 0 Å². The number of hydrogen-bond acceptors (Lipinski definition) is 4. The number of carbonyl (C=O) groups excluding carboxylic acids is 1. The van der Waals surface area contributed by atoms with Gasteiger partial charge in [0.05, 0.1) is 13.2 Å². The molecule has 1 unspecified atom stereocenters. The first kappa shape index (κ1) is 17.7. The molecular formula is C21H22N2O3. The summed E-state index contributed by atoms with van der Waals surface area (Å²) in [5, 5.41) is 4.04. The van der Waals surface area contributed by atoms with E-state index < -0.39 is 0 Å². The molecule has 0 aliphatic carbocycles. The fraction of sp³-hybridized carbons (Fsp3) is 0.238. The van der Waals surface area contributed by atoms with Gasteiger partial charge in [-0.15, -0.1) is 0 Å². The predicted molar refractivity (Wildman–Crippen MR) is 100 cm³/mol. The van der Waals surface area contributed by atoms with Gasteiger partial charge in [-0.2, -0.15) is 0 Å². The highest BCUT2D eigenvalue weighted by Crippen LogP contribution is 2.29. The molecule has 0 N–H and O–H groups in total. The van der Waals surface area contributed by atoms with Gasteiger partial charge in [-0.1, -0.05) is 53.2 Å². The number of aryl methyl sites for hydroxylation is 1. The van der Waals surface area contributed by atoms with Gasteiger partial charge in [0.2, 0.25) is 5.76 Å². The van der Waals surface area contributed by atoms with Gasteiger partial charge in [-0.05, 0) is 19.9 Å². The maximum atomic E-state index is 12.8.